The van der Waals surface area contributed by atoms with E-state index >= 15 is 0 Å². The molecule has 1 aromatic heterocycles. The highest BCUT2D eigenvalue weighted by Crippen LogP contribution is 2.27. The number of aromatic nitrogens is 1. The van der Waals surface area contributed by atoms with E-state index in [1.54, 1.807) is 17.3 Å². The molecule has 1 fully saturated rings. The van der Waals surface area contributed by atoms with Crippen molar-refractivity contribution >= 4 is 10.0 Å². The number of hydrogen-bond donors (Lipinski definition) is 1. The maximum absolute atomic E-state index is 12.5. The number of sulfonamides is 1. The van der Waals surface area contributed by atoms with E-state index in [0.29, 0.717) is 18.0 Å². The van der Waals surface area contributed by atoms with Crippen molar-refractivity contribution < 1.29 is 12.9 Å². The summed E-state index contributed by atoms with van der Waals surface area (Å²) in [6.07, 6.45) is 2.74. The molecular formula is C12H21N3O3S. The predicted molar refractivity (Wildman–Crippen MR) is 71.9 cm³/mol. The van der Waals surface area contributed by atoms with Gasteiger partial charge in [0.25, 0.3) is 0 Å². The van der Waals surface area contributed by atoms with Crippen LogP contribution >= 0.6 is 0 Å². The van der Waals surface area contributed by atoms with Gasteiger partial charge in [-0.25, -0.2) is 8.42 Å². The van der Waals surface area contributed by atoms with Gasteiger partial charge in [0, 0.05) is 24.7 Å². The molecule has 2 rings (SSSR count). The fourth-order valence-corrected chi connectivity index (χ4v) is 4.69. The zero-order valence-corrected chi connectivity index (χ0v) is 12.2. The van der Waals surface area contributed by atoms with E-state index in [9.17, 15) is 8.42 Å². The van der Waals surface area contributed by atoms with Crippen LogP contribution in [0.5, 0.6) is 0 Å². The van der Waals surface area contributed by atoms with Crippen LogP contribution in [-0.4, -0.2) is 36.5 Å². The van der Waals surface area contributed by atoms with E-state index in [0.717, 1.165) is 19.3 Å². The summed E-state index contributed by atoms with van der Waals surface area (Å²) in [5.41, 5.74) is 6.16. The van der Waals surface area contributed by atoms with Crippen LogP contribution < -0.4 is 5.73 Å². The van der Waals surface area contributed by atoms with Gasteiger partial charge in [-0.3, -0.25) is 0 Å². The monoisotopic (exact) mass is 287 g/mol. The largest absolute Gasteiger partial charge is 0.361 e. The van der Waals surface area contributed by atoms with Gasteiger partial charge in [0.2, 0.25) is 10.0 Å². The van der Waals surface area contributed by atoms with Crippen molar-refractivity contribution in [1.82, 2.24) is 9.46 Å². The number of nitrogens with zero attached hydrogens (tertiary/aromatic N) is 2. The Kier molecular flexibility index (Phi) is 4.27. The van der Waals surface area contributed by atoms with Crippen LogP contribution in [0.25, 0.3) is 0 Å². The summed E-state index contributed by atoms with van der Waals surface area (Å²) in [7, 11) is -3.40. The molecule has 1 aliphatic rings. The number of hydrogen-bond acceptors (Lipinski definition) is 5. The molecule has 19 heavy (non-hydrogen) atoms. The molecule has 2 N–H and O–H groups in total. The third-order valence-corrected chi connectivity index (χ3v) is 5.51. The lowest BCUT2D eigenvalue weighted by Gasteiger charge is -2.38. The first kappa shape index (κ1) is 14.5. The Morgan fingerprint density at radius 2 is 2.26 bits per heavy atom. The molecule has 2 unspecified atom stereocenters. The Hall–Kier alpha value is -0.920. The number of aryl methyl sites for hydroxylation is 1. The van der Waals surface area contributed by atoms with Gasteiger partial charge in [-0.1, -0.05) is 11.6 Å². The van der Waals surface area contributed by atoms with Gasteiger partial charge >= 0.3 is 0 Å². The Morgan fingerprint density at radius 3 is 2.84 bits per heavy atom. The molecule has 0 aliphatic carbocycles. The fourth-order valence-electron chi connectivity index (χ4n) is 2.73. The van der Waals surface area contributed by atoms with Crippen LogP contribution in [0.3, 0.4) is 0 Å². The quantitative estimate of drug-likeness (QED) is 0.892. The minimum Gasteiger partial charge on any atom is -0.361 e. The van der Waals surface area contributed by atoms with E-state index in [2.05, 4.69) is 5.16 Å². The molecule has 0 radical (unpaired) electrons. The molecule has 0 bridgehead atoms. The Morgan fingerprint density at radius 1 is 1.53 bits per heavy atom. The van der Waals surface area contributed by atoms with Gasteiger partial charge in [-0.05, 0) is 26.7 Å². The third-order valence-electron chi connectivity index (χ3n) is 3.55. The molecule has 0 amide bonds. The third kappa shape index (κ3) is 3.16. The lowest BCUT2D eigenvalue weighted by atomic mass is 10.00. The second-order valence-corrected chi connectivity index (χ2v) is 7.06. The standard InChI is InChI=1S/C12H21N3O3S/c1-9-4-3-5-12(7-13)15(9)19(16,17)8-11-6-10(2)18-14-11/h6,9,12H,3-5,7-8,13H2,1-2H3. The molecule has 1 saturated heterocycles. The van der Waals surface area contributed by atoms with E-state index in [4.69, 9.17) is 10.3 Å². The molecule has 0 spiro atoms. The van der Waals surface area contributed by atoms with Crippen molar-refractivity contribution in [3.63, 3.8) is 0 Å². The van der Waals surface area contributed by atoms with Gasteiger partial charge in [0.05, 0.1) is 0 Å². The van der Waals surface area contributed by atoms with Crippen molar-refractivity contribution in [3.05, 3.63) is 17.5 Å². The Bertz CT molecular complexity index is 526. The summed E-state index contributed by atoms with van der Waals surface area (Å²) in [6.45, 7) is 4.05. The normalized spacial score (nSPS) is 25.6. The van der Waals surface area contributed by atoms with Crippen molar-refractivity contribution in [1.29, 1.82) is 0 Å². The molecule has 1 aromatic rings. The lowest BCUT2D eigenvalue weighted by molar-refractivity contribution is 0.195. The lowest BCUT2D eigenvalue weighted by Crippen LogP contribution is -2.52. The van der Waals surface area contributed by atoms with E-state index in [1.165, 1.54) is 0 Å². The van der Waals surface area contributed by atoms with Crippen molar-refractivity contribution in [3.8, 4) is 0 Å². The van der Waals surface area contributed by atoms with Crippen molar-refractivity contribution in [2.24, 2.45) is 5.73 Å². The molecule has 1 aliphatic heterocycles. The van der Waals surface area contributed by atoms with E-state index in [-0.39, 0.29) is 17.8 Å². The average Bonchev–Trinajstić information content (AvgIpc) is 2.73. The molecule has 0 aromatic carbocycles. The van der Waals surface area contributed by atoms with Crippen LogP contribution in [0.15, 0.2) is 10.6 Å². The molecular weight excluding hydrogens is 266 g/mol. The summed E-state index contributed by atoms with van der Waals surface area (Å²) < 4.78 is 31.6. The Labute approximate surface area is 114 Å². The summed E-state index contributed by atoms with van der Waals surface area (Å²) in [5, 5.41) is 3.76. The minimum atomic E-state index is -3.40. The van der Waals surface area contributed by atoms with Crippen LogP contribution in [0, 0.1) is 6.92 Å². The summed E-state index contributed by atoms with van der Waals surface area (Å²) >= 11 is 0. The molecule has 6 nitrogen and oxygen atoms in total. The summed E-state index contributed by atoms with van der Waals surface area (Å²) in [4.78, 5) is 0. The predicted octanol–water partition coefficient (Wildman–Crippen LogP) is 1.01. The fraction of sp³-hybridized carbons (Fsp3) is 0.750. The van der Waals surface area contributed by atoms with Crippen LogP contribution in [0.4, 0.5) is 0 Å². The highest BCUT2D eigenvalue weighted by atomic mass is 32.2. The summed E-state index contributed by atoms with van der Waals surface area (Å²) in [6, 6.07) is 1.56. The zero-order valence-electron chi connectivity index (χ0n) is 11.4. The van der Waals surface area contributed by atoms with Crippen LogP contribution in [-0.2, 0) is 15.8 Å². The first-order valence-corrected chi connectivity index (χ1v) is 8.18. The number of nitrogens with two attached hydrogens (primary N) is 1. The maximum Gasteiger partial charge on any atom is 0.220 e. The Balaban J connectivity index is 2.21. The highest BCUT2D eigenvalue weighted by Gasteiger charge is 2.36. The van der Waals surface area contributed by atoms with Gasteiger partial charge in [0.1, 0.15) is 17.2 Å². The molecule has 7 heteroatoms. The van der Waals surface area contributed by atoms with Gasteiger partial charge < -0.3 is 10.3 Å². The van der Waals surface area contributed by atoms with E-state index < -0.39 is 10.0 Å². The number of rotatable bonds is 4. The number of piperidine rings is 1. The van der Waals surface area contributed by atoms with Gasteiger partial charge in [-0.15, -0.1) is 0 Å². The van der Waals surface area contributed by atoms with Gasteiger partial charge in [-0.2, -0.15) is 4.31 Å². The first-order chi connectivity index (χ1) is 8.94. The average molecular weight is 287 g/mol. The SMILES string of the molecule is Cc1cc(CS(=O)(=O)N2C(C)CCCC2CN)no1. The minimum absolute atomic E-state index is 0.000276. The second-order valence-electron chi connectivity index (χ2n) is 5.18. The topological polar surface area (TPSA) is 89.4 Å². The highest BCUT2D eigenvalue weighted by molar-refractivity contribution is 7.88. The van der Waals surface area contributed by atoms with Crippen molar-refractivity contribution in [2.75, 3.05) is 6.54 Å². The molecule has 2 atom stereocenters. The molecule has 0 saturated carbocycles. The first-order valence-electron chi connectivity index (χ1n) is 6.57. The van der Waals surface area contributed by atoms with Gasteiger partial charge in [0.15, 0.2) is 0 Å². The summed E-state index contributed by atoms with van der Waals surface area (Å²) in [5.74, 6) is 0.498. The zero-order chi connectivity index (χ0) is 14.0. The molecule has 2 heterocycles. The molecule has 108 valence electrons. The van der Waals surface area contributed by atoms with E-state index in [1.807, 2.05) is 6.92 Å². The smallest absolute Gasteiger partial charge is 0.220 e. The maximum atomic E-state index is 12.5. The van der Waals surface area contributed by atoms with Crippen molar-refractivity contribution in [2.45, 2.75) is 50.9 Å². The van der Waals surface area contributed by atoms with Crippen LogP contribution in [0.1, 0.15) is 37.6 Å². The van der Waals surface area contributed by atoms with Crippen LogP contribution in [0.2, 0.25) is 0 Å². The second kappa shape index (κ2) is 5.60.